The van der Waals surface area contributed by atoms with Crippen molar-refractivity contribution in [3.63, 3.8) is 0 Å². The van der Waals surface area contributed by atoms with Crippen LogP contribution >= 0.6 is 0 Å². The first-order valence-electron chi connectivity index (χ1n) is 8.68. The third-order valence-corrected chi connectivity index (χ3v) is 9.44. The van der Waals surface area contributed by atoms with Crippen LogP contribution < -0.4 is 4.74 Å². The standard InChI is InChI=1S/C20H26N2O3Si/c1-20(2,3)26(5,6)25-19-14-23-13-18(19)24-17-9-7-15(8-10-17)11-16(12-21)22-4/h7-11,18-19H,13-14H2,1-3,5-6H3/b16-11-/t18-,19-/m0/s1. The molecule has 2 atom stereocenters. The highest BCUT2D eigenvalue weighted by Gasteiger charge is 2.43. The fourth-order valence-corrected chi connectivity index (χ4v) is 3.69. The van der Waals surface area contributed by atoms with Crippen LogP contribution in [-0.4, -0.2) is 33.7 Å². The van der Waals surface area contributed by atoms with E-state index in [4.69, 9.17) is 25.7 Å². The summed E-state index contributed by atoms with van der Waals surface area (Å²) in [5, 5.41) is 8.96. The van der Waals surface area contributed by atoms with Gasteiger partial charge in [0, 0.05) is 0 Å². The Labute approximate surface area is 157 Å². The predicted molar refractivity (Wildman–Crippen MR) is 104 cm³/mol. The van der Waals surface area contributed by atoms with Gasteiger partial charge in [-0.05, 0) is 41.9 Å². The van der Waals surface area contributed by atoms with E-state index in [0.29, 0.717) is 13.2 Å². The number of benzene rings is 1. The molecule has 2 rings (SSSR count). The molecule has 0 unspecified atom stereocenters. The molecule has 6 heteroatoms. The second kappa shape index (κ2) is 8.05. The molecule has 0 aromatic heterocycles. The molecule has 1 aliphatic heterocycles. The summed E-state index contributed by atoms with van der Waals surface area (Å²) in [5.74, 6) is 0.725. The lowest BCUT2D eigenvalue weighted by Crippen LogP contribution is -2.47. The van der Waals surface area contributed by atoms with Gasteiger partial charge in [0.1, 0.15) is 18.0 Å². The molecule has 1 heterocycles. The molecule has 0 saturated carbocycles. The van der Waals surface area contributed by atoms with Gasteiger partial charge in [-0.3, -0.25) is 0 Å². The number of allylic oxidation sites excluding steroid dienone is 1. The second-order valence-electron chi connectivity index (χ2n) is 7.93. The summed E-state index contributed by atoms with van der Waals surface area (Å²) in [6, 6.07) is 9.20. The summed E-state index contributed by atoms with van der Waals surface area (Å²) in [6.07, 6.45) is 1.35. The Balaban J connectivity index is 2.05. The van der Waals surface area contributed by atoms with E-state index in [-0.39, 0.29) is 22.9 Å². The fraction of sp³-hybridized carbons (Fsp3) is 0.500. The molecule has 0 N–H and O–H groups in total. The van der Waals surface area contributed by atoms with Gasteiger partial charge in [-0.1, -0.05) is 32.9 Å². The Morgan fingerprint density at radius 2 is 1.88 bits per heavy atom. The number of hydrogen-bond acceptors (Lipinski definition) is 4. The first-order chi connectivity index (χ1) is 12.2. The van der Waals surface area contributed by atoms with Crippen LogP contribution in [0.25, 0.3) is 10.9 Å². The van der Waals surface area contributed by atoms with Gasteiger partial charge in [-0.2, -0.15) is 0 Å². The zero-order chi connectivity index (χ0) is 19.4. The van der Waals surface area contributed by atoms with Crippen molar-refractivity contribution < 1.29 is 13.9 Å². The highest BCUT2D eigenvalue weighted by molar-refractivity contribution is 6.74. The highest BCUT2D eigenvalue weighted by Crippen LogP contribution is 2.38. The van der Waals surface area contributed by atoms with Gasteiger partial charge in [-0.25, -0.2) is 10.1 Å². The van der Waals surface area contributed by atoms with Crippen molar-refractivity contribution >= 4 is 14.4 Å². The minimum atomic E-state index is -1.89. The van der Waals surface area contributed by atoms with Gasteiger partial charge < -0.3 is 13.9 Å². The molecule has 26 heavy (non-hydrogen) atoms. The Kier molecular flexibility index (Phi) is 6.25. The molecule has 0 bridgehead atoms. The van der Waals surface area contributed by atoms with Crippen molar-refractivity contribution in [3.8, 4) is 11.8 Å². The average Bonchev–Trinajstić information content (AvgIpc) is 2.99. The number of nitriles is 1. The molecule has 138 valence electrons. The predicted octanol–water partition coefficient (Wildman–Crippen LogP) is 4.64. The van der Waals surface area contributed by atoms with Gasteiger partial charge in [0.15, 0.2) is 8.32 Å². The quantitative estimate of drug-likeness (QED) is 0.430. The molecule has 1 aromatic rings. The van der Waals surface area contributed by atoms with Gasteiger partial charge in [0.2, 0.25) is 0 Å². The minimum absolute atomic E-state index is 0.0608. The van der Waals surface area contributed by atoms with Crippen LogP contribution in [0, 0.1) is 17.9 Å². The maximum Gasteiger partial charge on any atom is 0.262 e. The number of nitrogens with zero attached hydrogens (tertiary/aromatic N) is 2. The van der Waals surface area contributed by atoms with E-state index in [0.717, 1.165) is 11.3 Å². The molecule has 1 saturated heterocycles. The molecule has 1 aliphatic rings. The monoisotopic (exact) mass is 370 g/mol. The third kappa shape index (κ3) is 4.95. The maximum absolute atomic E-state index is 8.83. The van der Waals surface area contributed by atoms with E-state index in [1.807, 2.05) is 30.3 Å². The van der Waals surface area contributed by atoms with E-state index in [2.05, 4.69) is 38.7 Å². The van der Waals surface area contributed by atoms with Gasteiger partial charge >= 0.3 is 0 Å². The summed E-state index contributed by atoms with van der Waals surface area (Å²) in [5.41, 5.74) is 0.854. The summed E-state index contributed by atoms with van der Waals surface area (Å²) >= 11 is 0. The topological polar surface area (TPSA) is 55.8 Å². The van der Waals surface area contributed by atoms with Crippen LogP contribution in [-0.2, 0) is 9.16 Å². The molecule has 0 radical (unpaired) electrons. The minimum Gasteiger partial charge on any atom is -0.485 e. The molecule has 0 aliphatic carbocycles. The molecular weight excluding hydrogens is 344 g/mol. The highest BCUT2D eigenvalue weighted by atomic mass is 28.4. The van der Waals surface area contributed by atoms with Crippen LogP contribution in [0.15, 0.2) is 30.0 Å². The molecule has 0 spiro atoms. The summed E-state index contributed by atoms with van der Waals surface area (Å²) in [6.45, 7) is 19.1. The summed E-state index contributed by atoms with van der Waals surface area (Å²) < 4.78 is 18.1. The molecule has 0 amide bonds. The van der Waals surface area contributed by atoms with Crippen molar-refractivity contribution in [1.82, 2.24) is 0 Å². The van der Waals surface area contributed by atoms with Crippen LogP contribution in [0.3, 0.4) is 0 Å². The van der Waals surface area contributed by atoms with Gasteiger partial charge in [0.25, 0.3) is 5.70 Å². The van der Waals surface area contributed by atoms with Crippen molar-refractivity contribution in [1.29, 1.82) is 5.26 Å². The second-order valence-corrected chi connectivity index (χ2v) is 12.7. The molecule has 5 nitrogen and oxygen atoms in total. The van der Waals surface area contributed by atoms with Gasteiger partial charge in [0.05, 0.1) is 25.9 Å². The zero-order valence-corrected chi connectivity index (χ0v) is 17.1. The van der Waals surface area contributed by atoms with E-state index in [9.17, 15) is 0 Å². The van der Waals surface area contributed by atoms with E-state index >= 15 is 0 Å². The number of ether oxygens (including phenoxy) is 2. The lowest BCUT2D eigenvalue weighted by molar-refractivity contribution is 0.0807. The molecule has 1 fully saturated rings. The van der Waals surface area contributed by atoms with Crippen LogP contribution in [0.1, 0.15) is 26.3 Å². The first-order valence-corrected chi connectivity index (χ1v) is 11.6. The number of rotatable bonds is 5. The summed E-state index contributed by atoms with van der Waals surface area (Å²) in [4.78, 5) is 3.16. The Hall–Kier alpha value is -2.12. The Morgan fingerprint density at radius 1 is 1.27 bits per heavy atom. The Morgan fingerprint density at radius 3 is 2.42 bits per heavy atom. The lowest BCUT2D eigenvalue weighted by Gasteiger charge is -2.39. The van der Waals surface area contributed by atoms with E-state index in [1.165, 1.54) is 0 Å². The SMILES string of the molecule is [C-]#[N+]/C(C#N)=C\c1ccc(O[C@H]2COC[C@@H]2O[Si](C)(C)C(C)(C)C)cc1. The van der Waals surface area contributed by atoms with Gasteiger partial charge in [-0.15, -0.1) is 0 Å². The van der Waals surface area contributed by atoms with Crippen LogP contribution in [0.4, 0.5) is 0 Å². The van der Waals surface area contributed by atoms with E-state index < -0.39 is 8.32 Å². The molecular formula is C20H26N2O3Si. The fourth-order valence-electron chi connectivity index (χ4n) is 2.35. The van der Waals surface area contributed by atoms with E-state index in [1.54, 1.807) is 6.08 Å². The maximum atomic E-state index is 8.83. The smallest absolute Gasteiger partial charge is 0.262 e. The average molecular weight is 371 g/mol. The van der Waals surface area contributed by atoms with Crippen molar-refractivity contribution in [2.24, 2.45) is 0 Å². The van der Waals surface area contributed by atoms with Crippen LogP contribution in [0.5, 0.6) is 5.75 Å². The third-order valence-electron chi connectivity index (χ3n) is 4.94. The lowest BCUT2D eigenvalue weighted by atomic mass is 10.2. The van der Waals surface area contributed by atoms with Crippen molar-refractivity contribution in [3.05, 3.63) is 46.9 Å². The largest absolute Gasteiger partial charge is 0.485 e. The van der Waals surface area contributed by atoms with Crippen molar-refractivity contribution in [2.45, 2.75) is 51.1 Å². The van der Waals surface area contributed by atoms with Crippen LogP contribution in [0.2, 0.25) is 18.1 Å². The first kappa shape index (κ1) is 20.2. The Bertz CT molecular complexity index is 720. The number of hydrogen-bond donors (Lipinski definition) is 0. The molecule has 1 aromatic carbocycles. The van der Waals surface area contributed by atoms with Crippen molar-refractivity contribution in [2.75, 3.05) is 13.2 Å². The summed E-state index contributed by atoms with van der Waals surface area (Å²) in [7, 11) is -1.89. The zero-order valence-electron chi connectivity index (χ0n) is 16.1. The normalized spacial score (nSPS) is 21.1.